The summed E-state index contributed by atoms with van der Waals surface area (Å²) in [6.45, 7) is 0. The zero-order chi connectivity index (χ0) is 22.4. The summed E-state index contributed by atoms with van der Waals surface area (Å²) in [6.07, 6.45) is 3.22. The van der Waals surface area contributed by atoms with Crippen LogP contribution in [0.2, 0.25) is 5.02 Å². The number of nitrogens with zero attached hydrogens (tertiary/aromatic N) is 5. The minimum Gasteiger partial charge on any atom is -0.329 e. The van der Waals surface area contributed by atoms with Crippen LogP contribution in [-0.2, 0) is 0 Å². The van der Waals surface area contributed by atoms with Crippen LogP contribution >= 0.6 is 23.1 Å². The molecule has 33 heavy (non-hydrogen) atoms. The molecule has 0 saturated heterocycles. The van der Waals surface area contributed by atoms with Crippen LogP contribution in [-0.4, -0.2) is 29.1 Å². The topological polar surface area (TPSA) is 101 Å². The average molecular weight is 472 g/mol. The molecule has 0 aliphatic rings. The molecule has 0 bridgehead atoms. The first-order valence-corrected chi connectivity index (χ1v) is 11.1. The predicted molar refractivity (Wildman–Crippen MR) is 131 cm³/mol. The van der Waals surface area contributed by atoms with E-state index in [4.69, 9.17) is 11.6 Å². The van der Waals surface area contributed by atoms with Crippen LogP contribution in [0.25, 0.3) is 38.9 Å². The van der Waals surface area contributed by atoms with Gasteiger partial charge < -0.3 is 5.32 Å². The zero-order valence-electron chi connectivity index (χ0n) is 16.9. The first-order chi connectivity index (χ1) is 16.2. The van der Waals surface area contributed by atoms with E-state index >= 15 is 0 Å². The fraction of sp³-hybridized carbons (Fsp3) is 0. The lowest BCUT2D eigenvalue weighted by atomic mass is 10.2. The molecule has 0 spiro atoms. The summed E-state index contributed by atoms with van der Waals surface area (Å²) in [5, 5.41) is 12.7. The molecule has 0 radical (unpaired) electrons. The molecule has 8 nitrogen and oxygen atoms in total. The van der Waals surface area contributed by atoms with Gasteiger partial charge in [0.15, 0.2) is 5.82 Å². The van der Waals surface area contributed by atoms with Crippen LogP contribution in [0.1, 0.15) is 0 Å². The lowest BCUT2D eigenvalue weighted by Crippen LogP contribution is -2.18. The van der Waals surface area contributed by atoms with Gasteiger partial charge in [0.2, 0.25) is 5.13 Å². The number of H-pyrrole nitrogens is 1. The third kappa shape index (κ3) is 3.43. The summed E-state index contributed by atoms with van der Waals surface area (Å²) in [6, 6.07) is 18.5. The van der Waals surface area contributed by atoms with Crippen molar-refractivity contribution in [1.82, 2.24) is 29.1 Å². The summed E-state index contributed by atoms with van der Waals surface area (Å²) >= 11 is 7.72. The number of fused-ring (bicyclic) bond motifs is 2. The minimum absolute atomic E-state index is 0.129. The van der Waals surface area contributed by atoms with Crippen LogP contribution < -0.4 is 10.9 Å². The highest BCUT2D eigenvalue weighted by atomic mass is 35.5. The Morgan fingerprint density at radius 2 is 1.94 bits per heavy atom. The van der Waals surface area contributed by atoms with E-state index in [1.165, 1.54) is 16.1 Å². The highest BCUT2D eigenvalue weighted by molar-refractivity contribution is 7.10. The SMILES string of the molecule is O=c1c2ccccc2ncn1-c1cccc(-c2nsc(Nc3ccc4[nH]ncc4c3Cl)n2)c1. The Balaban J connectivity index is 1.33. The number of hydrogen-bond donors (Lipinski definition) is 2. The molecule has 0 saturated carbocycles. The number of hydrogen-bond acceptors (Lipinski definition) is 7. The molecule has 0 atom stereocenters. The molecule has 0 aliphatic heterocycles. The number of anilines is 2. The second-order valence-electron chi connectivity index (χ2n) is 7.29. The third-order valence-corrected chi connectivity index (χ3v) is 6.31. The van der Waals surface area contributed by atoms with Gasteiger partial charge in [0.1, 0.15) is 6.33 Å². The van der Waals surface area contributed by atoms with Crippen molar-refractivity contribution in [3.63, 3.8) is 0 Å². The van der Waals surface area contributed by atoms with Crippen molar-refractivity contribution in [2.24, 2.45) is 0 Å². The molecule has 6 rings (SSSR count). The van der Waals surface area contributed by atoms with Crippen LogP contribution in [0.15, 0.2) is 78.0 Å². The number of rotatable bonds is 4. The van der Waals surface area contributed by atoms with Crippen molar-refractivity contribution in [3.05, 3.63) is 88.6 Å². The van der Waals surface area contributed by atoms with Gasteiger partial charge in [0.05, 0.1) is 39.0 Å². The standard InChI is InChI=1S/C23H14ClN7OS/c24-20-16-11-26-29-18(16)8-9-19(20)27-23-28-21(30-33-23)13-4-3-5-14(10-13)31-12-25-17-7-2-1-6-15(17)22(31)32/h1-12H,(H,26,29)(H,27,28,30). The number of aromatic amines is 1. The van der Waals surface area contributed by atoms with Gasteiger partial charge in [-0.05, 0) is 36.4 Å². The van der Waals surface area contributed by atoms with Gasteiger partial charge in [-0.15, -0.1) is 0 Å². The largest absolute Gasteiger partial charge is 0.329 e. The fourth-order valence-electron chi connectivity index (χ4n) is 3.63. The Bertz CT molecular complexity index is 1700. The Hall–Kier alpha value is -4.08. The second kappa shape index (κ2) is 7.80. The molecule has 2 N–H and O–H groups in total. The normalized spacial score (nSPS) is 11.3. The lowest BCUT2D eigenvalue weighted by Gasteiger charge is -2.07. The van der Waals surface area contributed by atoms with Gasteiger partial charge in [-0.3, -0.25) is 14.5 Å². The summed E-state index contributed by atoms with van der Waals surface area (Å²) < 4.78 is 6.00. The summed E-state index contributed by atoms with van der Waals surface area (Å²) in [7, 11) is 0. The highest BCUT2D eigenvalue weighted by Crippen LogP contribution is 2.33. The Kier molecular flexibility index (Phi) is 4.63. The minimum atomic E-state index is -0.129. The first kappa shape index (κ1) is 19.6. The van der Waals surface area contributed by atoms with Gasteiger partial charge >= 0.3 is 0 Å². The van der Waals surface area contributed by atoms with E-state index in [0.29, 0.717) is 32.6 Å². The molecule has 160 valence electrons. The number of aromatic nitrogens is 6. The Morgan fingerprint density at radius 3 is 2.88 bits per heavy atom. The average Bonchev–Trinajstić information content (AvgIpc) is 3.52. The maximum absolute atomic E-state index is 13.0. The van der Waals surface area contributed by atoms with Crippen molar-refractivity contribution in [2.45, 2.75) is 0 Å². The molecule has 0 aliphatic carbocycles. The fourth-order valence-corrected chi connectivity index (χ4v) is 4.50. The van der Waals surface area contributed by atoms with Crippen molar-refractivity contribution in [3.8, 4) is 17.1 Å². The van der Waals surface area contributed by atoms with Gasteiger partial charge in [0, 0.05) is 22.5 Å². The highest BCUT2D eigenvalue weighted by Gasteiger charge is 2.12. The maximum Gasteiger partial charge on any atom is 0.265 e. The number of benzene rings is 3. The van der Waals surface area contributed by atoms with Crippen LogP contribution in [0, 0.1) is 0 Å². The van der Waals surface area contributed by atoms with Crippen molar-refractivity contribution < 1.29 is 0 Å². The van der Waals surface area contributed by atoms with Crippen LogP contribution in [0.3, 0.4) is 0 Å². The van der Waals surface area contributed by atoms with Gasteiger partial charge in [-0.2, -0.15) is 14.5 Å². The molecular formula is C23H14ClN7OS. The van der Waals surface area contributed by atoms with E-state index in [9.17, 15) is 4.79 Å². The van der Waals surface area contributed by atoms with E-state index in [1.54, 1.807) is 18.6 Å². The number of nitrogens with one attached hydrogen (secondary N) is 2. The molecule has 10 heteroatoms. The zero-order valence-corrected chi connectivity index (χ0v) is 18.4. The van der Waals surface area contributed by atoms with E-state index in [1.807, 2.05) is 54.6 Å². The summed E-state index contributed by atoms with van der Waals surface area (Å²) in [5.74, 6) is 0.548. The molecule has 0 amide bonds. The molecule has 3 aromatic heterocycles. The monoisotopic (exact) mass is 471 g/mol. The predicted octanol–water partition coefficient (Wildman–Crippen LogP) is 5.18. The number of halogens is 1. The van der Waals surface area contributed by atoms with E-state index in [-0.39, 0.29) is 5.56 Å². The van der Waals surface area contributed by atoms with Crippen LogP contribution in [0.5, 0.6) is 0 Å². The van der Waals surface area contributed by atoms with Crippen molar-refractivity contribution in [2.75, 3.05) is 5.32 Å². The lowest BCUT2D eigenvalue weighted by molar-refractivity contribution is 0.963. The molecule has 3 heterocycles. The molecule has 0 fully saturated rings. The summed E-state index contributed by atoms with van der Waals surface area (Å²) in [4.78, 5) is 22.0. The third-order valence-electron chi connectivity index (χ3n) is 5.27. The van der Waals surface area contributed by atoms with Gasteiger partial charge in [-0.25, -0.2) is 4.98 Å². The number of para-hydroxylation sites is 1. The summed E-state index contributed by atoms with van der Waals surface area (Å²) in [5.41, 5.74) is 3.59. The van der Waals surface area contributed by atoms with E-state index in [2.05, 4.69) is 29.9 Å². The molecule has 3 aromatic carbocycles. The molecular weight excluding hydrogens is 458 g/mol. The van der Waals surface area contributed by atoms with Crippen LogP contribution in [0.4, 0.5) is 10.8 Å². The second-order valence-corrected chi connectivity index (χ2v) is 8.42. The van der Waals surface area contributed by atoms with Crippen molar-refractivity contribution in [1.29, 1.82) is 0 Å². The van der Waals surface area contributed by atoms with Gasteiger partial charge in [-0.1, -0.05) is 35.9 Å². The quantitative estimate of drug-likeness (QED) is 0.367. The van der Waals surface area contributed by atoms with Gasteiger partial charge in [0.25, 0.3) is 5.56 Å². The Morgan fingerprint density at radius 1 is 1.03 bits per heavy atom. The van der Waals surface area contributed by atoms with E-state index < -0.39 is 0 Å². The van der Waals surface area contributed by atoms with Crippen molar-refractivity contribution >= 4 is 55.8 Å². The Labute approximate surface area is 195 Å². The maximum atomic E-state index is 13.0. The van der Waals surface area contributed by atoms with E-state index in [0.717, 1.165) is 22.2 Å². The molecule has 0 unspecified atom stereocenters. The molecule has 6 aromatic rings. The smallest absolute Gasteiger partial charge is 0.265 e. The first-order valence-electron chi connectivity index (χ1n) is 9.97.